The lowest BCUT2D eigenvalue weighted by molar-refractivity contribution is 0.121. The molecule has 1 nitrogen and oxygen atoms in total. The third kappa shape index (κ3) is 2.84. The van der Waals surface area contributed by atoms with Crippen molar-refractivity contribution in [3.63, 3.8) is 0 Å². The first-order valence-corrected chi connectivity index (χ1v) is 4.53. The Morgan fingerprint density at radius 1 is 1.33 bits per heavy atom. The van der Waals surface area contributed by atoms with Crippen LogP contribution in [0.4, 0.5) is 0 Å². The summed E-state index contributed by atoms with van der Waals surface area (Å²) in [5.74, 6) is 0. The van der Waals surface area contributed by atoms with Crippen molar-refractivity contribution in [3.8, 4) is 0 Å². The molecule has 0 aromatic heterocycles. The van der Waals surface area contributed by atoms with E-state index in [0.717, 1.165) is 23.6 Å². The highest BCUT2D eigenvalue weighted by molar-refractivity contribution is 6.31. The quantitative estimate of drug-likeness (QED) is 0.653. The first-order chi connectivity index (χ1) is 5.84. The van der Waals surface area contributed by atoms with Crippen LogP contribution in [0.3, 0.4) is 0 Å². The summed E-state index contributed by atoms with van der Waals surface area (Å²) in [5.41, 5.74) is 1.06. The molecule has 0 saturated heterocycles. The maximum atomic E-state index is 5.92. The summed E-state index contributed by atoms with van der Waals surface area (Å²) in [6.45, 7) is 3.51. The second kappa shape index (κ2) is 5.18. The van der Waals surface area contributed by atoms with Crippen LogP contribution in [-0.2, 0) is 11.3 Å². The van der Waals surface area contributed by atoms with Gasteiger partial charge < -0.3 is 4.74 Å². The van der Waals surface area contributed by atoms with Crippen molar-refractivity contribution in [2.75, 3.05) is 6.61 Å². The molecule has 1 aromatic carbocycles. The SMILES string of the molecule is CCCOCc1ccccc1Cl. The average Bonchev–Trinajstić information content (AvgIpc) is 2.09. The summed E-state index contributed by atoms with van der Waals surface area (Å²) < 4.78 is 5.37. The Morgan fingerprint density at radius 2 is 2.08 bits per heavy atom. The van der Waals surface area contributed by atoms with Gasteiger partial charge in [0.2, 0.25) is 0 Å². The molecule has 12 heavy (non-hydrogen) atoms. The van der Waals surface area contributed by atoms with Gasteiger partial charge in [0.15, 0.2) is 0 Å². The van der Waals surface area contributed by atoms with Crippen molar-refractivity contribution in [2.45, 2.75) is 20.0 Å². The van der Waals surface area contributed by atoms with Crippen LogP contribution in [-0.4, -0.2) is 6.61 Å². The van der Waals surface area contributed by atoms with Crippen molar-refractivity contribution >= 4 is 11.6 Å². The first kappa shape index (κ1) is 9.56. The molecule has 0 heterocycles. The molecule has 0 atom stereocenters. The standard InChI is InChI=1S/C10H13ClO/c1-2-7-12-8-9-5-3-4-6-10(9)11/h3-6H,2,7-8H2,1H3. The Bertz CT molecular complexity index is 235. The van der Waals surface area contributed by atoms with E-state index in [1.165, 1.54) is 0 Å². The molecule has 0 aliphatic heterocycles. The van der Waals surface area contributed by atoms with Gasteiger partial charge in [-0.15, -0.1) is 0 Å². The lowest BCUT2D eigenvalue weighted by Crippen LogP contribution is -1.94. The van der Waals surface area contributed by atoms with Crippen molar-refractivity contribution in [1.29, 1.82) is 0 Å². The van der Waals surface area contributed by atoms with E-state index in [1.54, 1.807) is 0 Å². The molecule has 2 heteroatoms. The largest absolute Gasteiger partial charge is 0.377 e. The van der Waals surface area contributed by atoms with Gasteiger partial charge in [-0.05, 0) is 18.1 Å². The lowest BCUT2D eigenvalue weighted by Gasteiger charge is -2.03. The molecular weight excluding hydrogens is 172 g/mol. The van der Waals surface area contributed by atoms with Gasteiger partial charge in [0, 0.05) is 11.6 Å². The van der Waals surface area contributed by atoms with Gasteiger partial charge in [-0.25, -0.2) is 0 Å². The van der Waals surface area contributed by atoms with Crippen molar-refractivity contribution in [2.24, 2.45) is 0 Å². The molecule has 0 fully saturated rings. The molecule has 0 saturated carbocycles. The van der Waals surface area contributed by atoms with E-state index in [0.29, 0.717) is 6.61 Å². The van der Waals surface area contributed by atoms with E-state index in [1.807, 2.05) is 24.3 Å². The zero-order valence-corrected chi connectivity index (χ0v) is 7.97. The van der Waals surface area contributed by atoms with Gasteiger partial charge in [-0.3, -0.25) is 0 Å². The second-order valence-corrected chi connectivity index (χ2v) is 3.05. The average molecular weight is 185 g/mol. The number of rotatable bonds is 4. The summed E-state index contributed by atoms with van der Waals surface area (Å²) in [5, 5.41) is 0.786. The maximum Gasteiger partial charge on any atom is 0.0731 e. The van der Waals surface area contributed by atoms with Crippen molar-refractivity contribution in [1.82, 2.24) is 0 Å². The van der Waals surface area contributed by atoms with Crippen LogP contribution in [0, 0.1) is 0 Å². The number of hydrogen-bond donors (Lipinski definition) is 0. The number of halogens is 1. The Morgan fingerprint density at radius 3 is 2.75 bits per heavy atom. The number of hydrogen-bond acceptors (Lipinski definition) is 1. The van der Waals surface area contributed by atoms with Crippen molar-refractivity contribution < 1.29 is 4.74 Å². The molecule has 0 aliphatic rings. The summed E-state index contributed by atoms with van der Waals surface area (Å²) in [6.07, 6.45) is 1.05. The molecule has 0 N–H and O–H groups in total. The zero-order valence-electron chi connectivity index (χ0n) is 7.22. The smallest absolute Gasteiger partial charge is 0.0731 e. The maximum absolute atomic E-state index is 5.92. The molecule has 0 spiro atoms. The van der Waals surface area contributed by atoms with Crippen LogP contribution in [0.2, 0.25) is 5.02 Å². The van der Waals surface area contributed by atoms with E-state index in [2.05, 4.69) is 6.92 Å². The second-order valence-electron chi connectivity index (χ2n) is 2.64. The Hall–Kier alpha value is -0.530. The van der Waals surface area contributed by atoms with Crippen LogP contribution >= 0.6 is 11.6 Å². The number of ether oxygens (including phenoxy) is 1. The normalized spacial score (nSPS) is 10.2. The van der Waals surface area contributed by atoms with E-state index in [-0.39, 0.29) is 0 Å². The molecule has 66 valence electrons. The van der Waals surface area contributed by atoms with Gasteiger partial charge in [-0.2, -0.15) is 0 Å². The molecule has 1 aromatic rings. The summed E-state index contributed by atoms with van der Waals surface area (Å²) in [4.78, 5) is 0. The zero-order chi connectivity index (χ0) is 8.81. The van der Waals surface area contributed by atoms with Gasteiger partial charge in [0.25, 0.3) is 0 Å². The third-order valence-corrected chi connectivity index (χ3v) is 1.93. The highest BCUT2D eigenvalue weighted by Gasteiger charge is 1.96. The number of benzene rings is 1. The van der Waals surface area contributed by atoms with Crippen LogP contribution < -0.4 is 0 Å². The lowest BCUT2D eigenvalue weighted by atomic mass is 10.2. The minimum absolute atomic E-state index is 0.619. The van der Waals surface area contributed by atoms with Gasteiger partial charge in [0.1, 0.15) is 0 Å². The summed E-state index contributed by atoms with van der Waals surface area (Å²) >= 11 is 5.92. The van der Waals surface area contributed by atoms with Crippen LogP contribution in [0.25, 0.3) is 0 Å². The van der Waals surface area contributed by atoms with Gasteiger partial charge in [0.05, 0.1) is 6.61 Å². The van der Waals surface area contributed by atoms with Crippen LogP contribution in [0.5, 0.6) is 0 Å². The van der Waals surface area contributed by atoms with E-state index < -0.39 is 0 Å². The minimum Gasteiger partial charge on any atom is -0.377 e. The molecule has 0 aliphatic carbocycles. The molecule has 0 amide bonds. The monoisotopic (exact) mass is 184 g/mol. The molecule has 0 bridgehead atoms. The Balaban J connectivity index is 2.46. The fourth-order valence-corrected chi connectivity index (χ4v) is 1.13. The fourth-order valence-electron chi connectivity index (χ4n) is 0.942. The highest BCUT2D eigenvalue weighted by atomic mass is 35.5. The fraction of sp³-hybridized carbons (Fsp3) is 0.400. The minimum atomic E-state index is 0.619. The van der Waals surface area contributed by atoms with Crippen LogP contribution in [0.1, 0.15) is 18.9 Å². The van der Waals surface area contributed by atoms with E-state index in [9.17, 15) is 0 Å². The van der Waals surface area contributed by atoms with E-state index in [4.69, 9.17) is 16.3 Å². The van der Waals surface area contributed by atoms with Crippen molar-refractivity contribution in [3.05, 3.63) is 34.9 Å². The third-order valence-electron chi connectivity index (χ3n) is 1.56. The molecular formula is C10H13ClO. The highest BCUT2D eigenvalue weighted by Crippen LogP contribution is 2.15. The van der Waals surface area contributed by atoms with E-state index >= 15 is 0 Å². The predicted octanol–water partition coefficient (Wildman–Crippen LogP) is 3.27. The molecule has 1 rings (SSSR count). The van der Waals surface area contributed by atoms with Gasteiger partial charge in [-0.1, -0.05) is 36.7 Å². The van der Waals surface area contributed by atoms with Gasteiger partial charge >= 0.3 is 0 Å². The molecule has 0 radical (unpaired) electrons. The van der Waals surface area contributed by atoms with Crippen LogP contribution in [0.15, 0.2) is 24.3 Å². The first-order valence-electron chi connectivity index (χ1n) is 4.15. The molecule has 0 unspecified atom stereocenters. The predicted molar refractivity (Wildman–Crippen MR) is 51.4 cm³/mol. The Labute approximate surface area is 78.3 Å². The summed E-state index contributed by atoms with van der Waals surface area (Å²) in [6, 6.07) is 7.76. The topological polar surface area (TPSA) is 9.23 Å². The summed E-state index contributed by atoms with van der Waals surface area (Å²) in [7, 11) is 0. The Kier molecular flexibility index (Phi) is 4.12.